The van der Waals surface area contributed by atoms with Crippen molar-refractivity contribution in [2.24, 2.45) is 0 Å². The highest BCUT2D eigenvalue weighted by molar-refractivity contribution is 7.86. The largest absolute Gasteiger partial charge is 0.463 e. The fourth-order valence-electron chi connectivity index (χ4n) is 1.90. The van der Waals surface area contributed by atoms with Crippen molar-refractivity contribution in [3.05, 3.63) is 30.3 Å². The topological polar surface area (TPSA) is 69.7 Å². The minimum atomic E-state index is -3.78. The van der Waals surface area contributed by atoms with Gasteiger partial charge in [-0.2, -0.15) is 8.42 Å². The van der Waals surface area contributed by atoms with Crippen LogP contribution in [0.2, 0.25) is 0 Å². The molecule has 5 nitrogen and oxygen atoms in total. The molecule has 0 aliphatic heterocycles. The van der Waals surface area contributed by atoms with E-state index in [0.717, 1.165) is 25.7 Å². The van der Waals surface area contributed by atoms with Crippen molar-refractivity contribution in [2.45, 2.75) is 50.3 Å². The normalized spacial score (nSPS) is 11.3. The monoisotopic (exact) mass is 328 g/mol. The molecular formula is C16H24O5S. The van der Waals surface area contributed by atoms with E-state index < -0.39 is 10.1 Å². The minimum absolute atomic E-state index is 0.0557. The molecule has 22 heavy (non-hydrogen) atoms. The Morgan fingerprint density at radius 2 is 1.68 bits per heavy atom. The minimum Gasteiger partial charge on any atom is -0.463 e. The molecule has 1 aromatic rings. The Balaban J connectivity index is 2.16. The van der Waals surface area contributed by atoms with Crippen molar-refractivity contribution in [1.82, 2.24) is 0 Å². The molecule has 0 aliphatic rings. The third kappa shape index (κ3) is 7.56. The molecule has 0 aliphatic carbocycles. The molecule has 1 rings (SSSR count). The lowest BCUT2D eigenvalue weighted by molar-refractivity contribution is -0.144. The van der Waals surface area contributed by atoms with Crippen LogP contribution in [-0.2, 0) is 23.8 Å². The summed E-state index contributed by atoms with van der Waals surface area (Å²) in [6, 6.07) is 7.88. The highest BCUT2D eigenvalue weighted by Gasteiger charge is 2.14. The maximum Gasteiger partial charge on any atom is 0.305 e. The molecule has 6 heteroatoms. The number of carbonyl (C=O) groups is 1. The highest BCUT2D eigenvalue weighted by Crippen LogP contribution is 2.11. The average Bonchev–Trinajstić information content (AvgIpc) is 2.52. The van der Waals surface area contributed by atoms with Gasteiger partial charge in [-0.1, -0.05) is 50.8 Å². The summed E-state index contributed by atoms with van der Waals surface area (Å²) in [4.78, 5) is 11.5. The third-order valence-corrected chi connectivity index (χ3v) is 4.43. The Labute approximate surface area is 132 Å². The van der Waals surface area contributed by atoms with Gasteiger partial charge in [-0.25, -0.2) is 0 Å². The third-order valence-electron chi connectivity index (χ3n) is 3.10. The van der Waals surface area contributed by atoms with Gasteiger partial charge >= 0.3 is 5.97 Å². The maximum absolute atomic E-state index is 11.8. The van der Waals surface area contributed by atoms with E-state index in [-0.39, 0.29) is 24.1 Å². The van der Waals surface area contributed by atoms with Crippen molar-refractivity contribution >= 4 is 16.1 Å². The highest BCUT2D eigenvalue weighted by atomic mass is 32.2. The lowest BCUT2D eigenvalue weighted by Crippen LogP contribution is -2.14. The number of hydrogen-bond donors (Lipinski definition) is 0. The standard InChI is InChI=1S/C16H24O5S/c1-2-3-4-5-9-12-16(17)20-13-14-21-22(18,19)15-10-7-6-8-11-15/h6-8,10-11H,2-5,9,12-14H2,1H3. The van der Waals surface area contributed by atoms with Crippen LogP contribution in [0.25, 0.3) is 0 Å². The molecule has 0 aromatic heterocycles. The van der Waals surface area contributed by atoms with Crippen LogP contribution in [0.1, 0.15) is 45.4 Å². The summed E-state index contributed by atoms with van der Waals surface area (Å²) in [5.41, 5.74) is 0. The van der Waals surface area contributed by atoms with Gasteiger partial charge in [-0.3, -0.25) is 8.98 Å². The first-order chi connectivity index (χ1) is 10.6. The Bertz CT molecular complexity index is 525. The van der Waals surface area contributed by atoms with Crippen LogP contribution in [0.4, 0.5) is 0 Å². The predicted molar refractivity (Wildman–Crippen MR) is 83.9 cm³/mol. The zero-order valence-electron chi connectivity index (χ0n) is 13.0. The van der Waals surface area contributed by atoms with Gasteiger partial charge in [-0.15, -0.1) is 0 Å². The SMILES string of the molecule is CCCCCCCC(=O)OCCOS(=O)(=O)c1ccccc1. The number of hydrogen-bond acceptors (Lipinski definition) is 5. The molecule has 124 valence electrons. The zero-order chi connectivity index (χ0) is 16.3. The molecular weight excluding hydrogens is 304 g/mol. The van der Waals surface area contributed by atoms with Crippen molar-refractivity contribution < 1.29 is 22.1 Å². The Kier molecular flexibility index (Phi) is 8.77. The first kappa shape index (κ1) is 18.6. The van der Waals surface area contributed by atoms with Gasteiger partial charge in [0, 0.05) is 6.42 Å². The summed E-state index contributed by atoms with van der Waals surface area (Å²) >= 11 is 0. The predicted octanol–water partition coefficient (Wildman–Crippen LogP) is 3.30. The van der Waals surface area contributed by atoms with Gasteiger partial charge in [-0.05, 0) is 18.6 Å². The Morgan fingerprint density at radius 1 is 1.00 bits per heavy atom. The quantitative estimate of drug-likeness (QED) is 0.354. The van der Waals surface area contributed by atoms with Crippen LogP contribution in [0.3, 0.4) is 0 Å². The van der Waals surface area contributed by atoms with E-state index in [2.05, 4.69) is 6.92 Å². The van der Waals surface area contributed by atoms with Crippen molar-refractivity contribution in [3.63, 3.8) is 0 Å². The van der Waals surface area contributed by atoms with E-state index in [9.17, 15) is 13.2 Å². The summed E-state index contributed by atoms with van der Waals surface area (Å²) in [6.45, 7) is 1.91. The van der Waals surface area contributed by atoms with Crippen molar-refractivity contribution in [3.8, 4) is 0 Å². The molecule has 0 heterocycles. The van der Waals surface area contributed by atoms with Crippen LogP contribution in [0.5, 0.6) is 0 Å². The van der Waals surface area contributed by atoms with Crippen molar-refractivity contribution in [2.75, 3.05) is 13.2 Å². The van der Waals surface area contributed by atoms with Crippen LogP contribution in [-0.4, -0.2) is 27.6 Å². The van der Waals surface area contributed by atoms with Crippen LogP contribution >= 0.6 is 0 Å². The second-order valence-corrected chi connectivity index (χ2v) is 6.59. The summed E-state index contributed by atoms with van der Waals surface area (Å²) in [6.07, 6.45) is 5.67. The number of carbonyl (C=O) groups excluding carboxylic acids is 1. The van der Waals surface area contributed by atoms with Gasteiger partial charge in [0.15, 0.2) is 0 Å². The molecule has 0 spiro atoms. The molecule has 0 unspecified atom stereocenters. The smallest absolute Gasteiger partial charge is 0.305 e. The first-order valence-electron chi connectivity index (χ1n) is 7.66. The number of unbranched alkanes of at least 4 members (excludes halogenated alkanes) is 4. The van der Waals surface area contributed by atoms with Gasteiger partial charge in [0.05, 0.1) is 4.90 Å². The number of rotatable bonds is 11. The summed E-state index contributed by atoms with van der Waals surface area (Å²) in [5.74, 6) is -0.308. The Hall–Kier alpha value is -1.40. The van der Waals surface area contributed by atoms with E-state index in [1.54, 1.807) is 18.2 Å². The summed E-state index contributed by atoms with van der Waals surface area (Å²) < 4.78 is 33.3. The van der Waals surface area contributed by atoms with Gasteiger partial charge in [0.2, 0.25) is 0 Å². The van der Waals surface area contributed by atoms with Crippen molar-refractivity contribution in [1.29, 1.82) is 0 Å². The molecule has 0 saturated heterocycles. The lowest BCUT2D eigenvalue weighted by Gasteiger charge is -2.07. The average molecular weight is 328 g/mol. The molecule has 0 bridgehead atoms. The molecule has 0 fully saturated rings. The van der Waals surface area contributed by atoms with Crippen LogP contribution < -0.4 is 0 Å². The molecule has 0 atom stereocenters. The second kappa shape index (κ2) is 10.3. The van der Waals surface area contributed by atoms with E-state index in [1.807, 2.05) is 0 Å². The first-order valence-corrected chi connectivity index (χ1v) is 9.07. The van der Waals surface area contributed by atoms with E-state index in [1.165, 1.54) is 18.6 Å². The summed E-state index contributed by atoms with van der Waals surface area (Å²) in [5, 5.41) is 0. The maximum atomic E-state index is 11.8. The fraction of sp³-hybridized carbons (Fsp3) is 0.562. The molecule has 0 amide bonds. The zero-order valence-corrected chi connectivity index (χ0v) is 13.8. The van der Waals surface area contributed by atoms with E-state index >= 15 is 0 Å². The number of benzene rings is 1. The number of esters is 1. The van der Waals surface area contributed by atoms with E-state index in [4.69, 9.17) is 8.92 Å². The van der Waals surface area contributed by atoms with Gasteiger partial charge < -0.3 is 4.74 Å². The van der Waals surface area contributed by atoms with Gasteiger partial charge in [0.25, 0.3) is 10.1 Å². The fourth-order valence-corrected chi connectivity index (χ4v) is 2.81. The number of ether oxygens (including phenoxy) is 1. The van der Waals surface area contributed by atoms with Gasteiger partial charge in [0.1, 0.15) is 13.2 Å². The van der Waals surface area contributed by atoms with Crippen LogP contribution in [0.15, 0.2) is 35.2 Å². The van der Waals surface area contributed by atoms with Crippen LogP contribution in [0, 0.1) is 0 Å². The molecule has 0 radical (unpaired) electrons. The molecule has 0 N–H and O–H groups in total. The molecule has 0 saturated carbocycles. The lowest BCUT2D eigenvalue weighted by atomic mass is 10.1. The second-order valence-electron chi connectivity index (χ2n) is 4.97. The Morgan fingerprint density at radius 3 is 2.36 bits per heavy atom. The summed E-state index contributed by atoms with van der Waals surface area (Å²) in [7, 11) is -3.78. The molecule has 1 aromatic carbocycles. The van der Waals surface area contributed by atoms with E-state index in [0.29, 0.717) is 6.42 Å².